The molecule has 26 heavy (non-hydrogen) atoms. The lowest BCUT2D eigenvalue weighted by Gasteiger charge is -2.43. The molecule has 2 saturated heterocycles. The summed E-state index contributed by atoms with van der Waals surface area (Å²) in [7, 11) is 0. The van der Waals surface area contributed by atoms with Crippen LogP contribution in [0.25, 0.3) is 0 Å². The van der Waals surface area contributed by atoms with Crippen LogP contribution in [0.1, 0.15) is 43.0 Å². The molecule has 1 N–H and O–H groups in total. The maximum Gasteiger partial charge on any atom is 0.227 e. The van der Waals surface area contributed by atoms with Gasteiger partial charge in [-0.15, -0.1) is 0 Å². The van der Waals surface area contributed by atoms with Crippen molar-refractivity contribution in [3.8, 4) is 0 Å². The van der Waals surface area contributed by atoms with E-state index in [4.69, 9.17) is 14.0 Å². The van der Waals surface area contributed by atoms with Crippen molar-refractivity contribution in [1.29, 1.82) is 0 Å². The summed E-state index contributed by atoms with van der Waals surface area (Å²) in [6, 6.07) is 10.7. The molecule has 4 rings (SSSR count). The zero-order chi connectivity index (χ0) is 17.7. The molecule has 1 spiro atoms. The number of rotatable bonds is 6. The zero-order valence-corrected chi connectivity index (χ0v) is 15.2. The van der Waals surface area contributed by atoms with Crippen LogP contribution < -0.4 is 5.32 Å². The highest BCUT2D eigenvalue weighted by atomic mass is 16.5. The lowest BCUT2D eigenvalue weighted by molar-refractivity contribution is -0.140. The first kappa shape index (κ1) is 17.6. The van der Waals surface area contributed by atoms with E-state index >= 15 is 0 Å². The minimum Gasteiger partial charge on any atom is -0.381 e. The molecule has 6 heteroatoms. The van der Waals surface area contributed by atoms with Gasteiger partial charge in [0.25, 0.3) is 0 Å². The van der Waals surface area contributed by atoms with Gasteiger partial charge in [0.15, 0.2) is 5.82 Å². The topological polar surface area (TPSA) is 69.4 Å². The summed E-state index contributed by atoms with van der Waals surface area (Å²) in [6.07, 6.45) is 5.62. The number of hydrogen-bond acceptors (Lipinski definition) is 6. The predicted octanol–water partition coefficient (Wildman–Crippen LogP) is 2.52. The Kier molecular flexibility index (Phi) is 5.62. The highest BCUT2D eigenvalue weighted by molar-refractivity contribution is 5.18. The van der Waals surface area contributed by atoms with E-state index < -0.39 is 0 Å². The Morgan fingerprint density at radius 2 is 1.96 bits per heavy atom. The minimum atomic E-state index is 0.0293. The van der Waals surface area contributed by atoms with Gasteiger partial charge >= 0.3 is 0 Å². The van der Waals surface area contributed by atoms with Crippen LogP contribution in [0.5, 0.6) is 0 Å². The summed E-state index contributed by atoms with van der Waals surface area (Å²) >= 11 is 0. The van der Waals surface area contributed by atoms with Crippen molar-refractivity contribution in [2.24, 2.45) is 0 Å². The SMILES string of the molecule is c1ccc(Cc2noc(CCNC3CCOC4(CCOCC4)C3)n2)cc1. The Balaban J connectivity index is 1.23. The summed E-state index contributed by atoms with van der Waals surface area (Å²) in [6.45, 7) is 3.32. The lowest BCUT2D eigenvalue weighted by Crippen LogP contribution is -2.50. The molecule has 1 atom stereocenters. The molecular formula is C20H27N3O3. The van der Waals surface area contributed by atoms with E-state index in [1.165, 1.54) is 5.56 Å². The molecule has 0 saturated carbocycles. The monoisotopic (exact) mass is 357 g/mol. The van der Waals surface area contributed by atoms with Gasteiger partial charge in [0.1, 0.15) is 0 Å². The highest BCUT2D eigenvalue weighted by Gasteiger charge is 2.38. The maximum absolute atomic E-state index is 6.10. The molecule has 1 aromatic carbocycles. The average Bonchev–Trinajstić information content (AvgIpc) is 3.11. The third-order valence-corrected chi connectivity index (χ3v) is 5.38. The number of aromatic nitrogens is 2. The van der Waals surface area contributed by atoms with Gasteiger partial charge in [0.05, 0.1) is 5.60 Å². The van der Waals surface area contributed by atoms with E-state index in [-0.39, 0.29) is 5.60 Å². The fourth-order valence-corrected chi connectivity index (χ4v) is 3.92. The van der Waals surface area contributed by atoms with Gasteiger partial charge in [0.2, 0.25) is 5.89 Å². The summed E-state index contributed by atoms with van der Waals surface area (Å²) in [5.74, 6) is 1.45. The van der Waals surface area contributed by atoms with Crippen molar-refractivity contribution in [1.82, 2.24) is 15.5 Å². The zero-order valence-electron chi connectivity index (χ0n) is 15.2. The van der Waals surface area contributed by atoms with E-state index in [0.29, 0.717) is 18.4 Å². The second-order valence-corrected chi connectivity index (χ2v) is 7.30. The van der Waals surface area contributed by atoms with Gasteiger partial charge in [-0.05, 0) is 31.2 Å². The Morgan fingerprint density at radius 3 is 2.81 bits per heavy atom. The molecule has 2 aliphatic heterocycles. The summed E-state index contributed by atoms with van der Waals surface area (Å²) in [5, 5.41) is 7.75. The maximum atomic E-state index is 6.10. The van der Waals surface area contributed by atoms with Gasteiger partial charge in [-0.25, -0.2) is 0 Å². The second kappa shape index (κ2) is 8.29. The molecular weight excluding hydrogens is 330 g/mol. The van der Waals surface area contributed by atoms with Crippen LogP contribution in [-0.2, 0) is 22.3 Å². The van der Waals surface area contributed by atoms with Crippen LogP contribution in [-0.4, -0.2) is 48.1 Å². The molecule has 140 valence electrons. The normalized spacial score (nSPS) is 22.5. The van der Waals surface area contributed by atoms with Gasteiger partial charge in [-0.2, -0.15) is 4.98 Å². The van der Waals surface area contributed by atoms with E-state index in [9.17, 15) is 0 Å². The first-order chi connectivity index (χ1) is 12.8. The minimum absolute atomic E-state index is 0.0293. The Hall–Kier alpha value is -1.76. The van der Waals surface area contributed by atoms with E-state index in [0.717, 1.165) is 64.3 Å². The van der Waals surface area contributed by atoms with Crippen molar-refractivity contribution < 1.29 is 14.0 Å². The molecule has 6 nitrogen and oxygen atoms in total. The van der Waals surface area contributed by atoms with Crippen LogP contribution in [0.4, 0.5) is 0 Å². The molecule has 2 fully saturated rings. The summed E-state index contributed by atoms with van der Waals surface area (Å²) in [5.41, 5.74) is 1.23. The number of hydrogen-bond donors (Lipinski definition) is 1. The van der Waals surface area contributed by atoms with Crippen LogP contribution in [0.15, 0.2) is 34.9 Å². The first-order valence-electron chi connectivity index (χ1n) is 9.62. The molecule has 0 bridgehead atoms. The Bertz CT molecular complexity index is 677. The summed E-state index contributed by atoms with van der Waals surface area (Å²) < 4.78 is 17.0. The molecule has 0 amide bonds. The molecule has 2 aliphatic rings. The largest absolute Gasteiger partial charge is 0.381 e. The average molecular weight is 357 g/mol. The number of nitrogens with one attached hydrogen (secondary N) is 1. The fraction of sp³-hybridized carbons (Fsp3) is 0.600. The quantitative estimate of drug-likeness (QED) is 0.857. The molecule has 2 aromatic rings. The van der Waals surface area contributed by atoms with E-state index in [2.05, 4.69) is 27.6 Å². The molecule has 1 aromatic heterocycles. The van der Waals surface area contributed by atoms with Crippen molar-refractivity contribution in [3.05, 3.63) is 47.6 Å². The van der Waals surface area contributed by atoms with Crippen molar-refractivity contribution >= 4 is 0 Å². The second-order valence-electron chi connectivity index (χ2n) is 7.30. The molecule has 3 heterocycles. The summed E-state index contributed by atoms with van der Waals surface area (Å²) in [4.78, 5) is 4.51. The van der Waals surface area contributed by atoms with Crippen LogP contribution in [0.2, 0.25) is 0 Å². The molecule has 0 radical (unpaired) electrons. The van der Waals surface area contributed by atoms with Gasteiger partial charge in [-0.1, -0.05) is 35.5 Å². The fourth-order valence-electron chi connectivity index (χ4n) is 3.92. The number of benzene rings is 1. The predicted molar refractivity (Wildman–Crippen MR) is 97.0 cm³/mol. The number of nitrogens with zero attached hydrogens (tertiary/aromatic N) is 2. The lowest BCUT2D eigenvalue weighted by atomic mass is 9.84. The number of ether oxygens (including phenoxy) is 2. The van der Waals surface area contributed by atoms with Crippen LogP contribution in [0, 0.1) is 0 Å². The third-order valence-electron chi connectivity index (χ3n) is 5.38. The standard InChI is InChI=1S/C20H27N3O3/c1-2-4-16(5-3-1)14-18-22-19(26-23-18)6-10-21-17-7-11-25-20(15-17)8-12-24-13-9-20/h1-5,17,21H,6-15H2. The van der Waals surface area contributed by atoms with Gasteiger partial charge in [-0.3, -0.25) is 0 Å². The molecule has 1 unspecified atom stereocenters. The van der Waals surface area contributed by atoms with Crippen molar-refractivity contribution in [2.75, 3.05) is 26.4 Å². The van der Waals surface area contributed by atoms with Crippen molar-refractivity contribution in [2.45, 2.75) is 50.2 Å². The molecule has 0 aliphatic carbocycles. The third kappa shape index (κ3) is 4.50. The van der Waals surface area contributed by atoms with E-state index in [1.807, 2.05) is 18.2 Å². The Labute approximate surface area is 154 Å². The highest BCUT2D eigenvalue weighted by Crippen LogP contribution is 2.34. The smallest absolute Gasteiger partial charge is 0.227 e. The van der Waals surface area contributed by atoms with Gasteiger partial charge < -0.3 is 19.3 Å². The first-order valence-corrected chi connectivity index (χ1v) is 9.62. The Morgan fingerprint density at radius 1 is 1.12 bits per heavy atom. The van der Waals surface area contributed by atoms with Crippen LogP contribution >= 0.6 is 0 Å². The van der Waals surface area contributed by atoms with Gasteiger partial charge in [0, 0.05) is 45.2 Å². The van der Waals surface area contributed by atoms with E-state index in [1.54, 1.807) is 0 Å². The van der Waals surface area contributed by atoms with Crippen LogP contribution in [0.3, 0.4) is 0 Å². The van der Waals surface area contributed by atoms with Crippen molar-refractivity contribution in [3.63, 3.8) is 0 Å².